The maximum Gasteiger partial charge on any atom is 0.287 e. The molecule has 1 aliphatic carbocycles. The van der Waals surface area contributed by atoms with Gasteiger partial charge in [-0.25, -0.2) is 0 Å². The molecule has 1 atom stereocenters. The topological polar surface area (TPSA) is 51.5 Å². The number of fused-ring (bicyclic) bond motifs is 1. The van der Waals surface area contributed by atoms with Crippen LogP contribution in [-0.2, 0) is 11.3 Å². The molecule has 124 valence electrons. The monoisotopic (exact) mass is 341 g/mol. The van der Waals surface area contributed by atoms with Crippen molar-refractivity contribution in [1.82, 2.24) is 5.32 Å². The van der Waals surface area contributed by atoms with Crippen molar-refractivity contribution in [2.45, 2.75) is 25.5 Å². The van der Waals surface area contributed by atoms with Gasteiger partial charge in [-0.1, -0.05) is 24.3 Å². The third-order valence-corrected chi connectivity index (χ3v) is 5.38. The summed E-state index contributed by atoms with van der Waals surface area (Å²) in [6.07, 6.45) is 2.32. The number of rotatable bonds is 6. The van der Waals surface area contributed by atoms with Crippen molar-refractivity contribution in [2.75, 3.05) is 7.11 Å². The van der Waals surface area contributed by atoms with Gasteiger partial charge < -0.3 is 14.5 Å². The minimum atomic E-state index is -0.163. The van der Waals surface area contributed by atoms with E-state index in [4.69, 9.17) is 9.15 Å². The molecule has 4 rings (SSSR count). The smallest absolute Gasteiger partial charge is 0.287 e. The first-order valence-electron chi connectivity index (χ1n) is 8.11. The molecule has 1 aromatic carbocycles. The van der Waals surface area contributed by atoms with Crippen LogP contribution < -0.4 is 5.32 Å². The van der Waals surface area contributed by atoms with Crippen LogP contribution in [0.3, 0.4) is 0 Å². The molecule has 24 heavy (non-hydrogen) atoms. The van der Waals surface area contributed by atoms with Crippen LogP contribution >= 0.6 is 11.3 Å². The molecule has 5 heteroatoms. The lowest BCUT2D eigenvalue weighted by Gasteiger charge is -2.16. The molecule has 3 aromatic rings. The molecular formula is C19H19NO3S. The average Bonchev–Trinajstić information content (AvgIpc) is 3.16. The second-order valence-corrected chi connectivity index (χ2v) is 7.12. The van der Waals surface area contributed by atoms with Crippen LogP contribution in [-0.4, -0.2) is 13.0 Å². The molecule has 1 unspecified atom stereocenters. The standard InChI is InChI=1S/C19H19NO3S/c1-22-11-14-13-5-2-3-6-15(13)23-18(14)19(21)20-17(12-8-9-12)16-7-4-10-24-16/h2-7,10,12,17H,8-9,11H2,1H3,(H,20,21). The summed E-state index contributed by atoms with van der Waals surface area (Å²) in [4.78, 5) is 14.1. The second kappa shape index (κ2) is 6.42. The van der Waals surface area contributed by atoms with E-state index in [9.17, 15) is 4.79 Å². The Balaban J connectivity index is 1.66. The lowest BCUT2D eigenvalue weighted by atomic mass is 10.1. The predicted octanol–water partition coefficient (Wildman–Crippen LogP) is 4.52. The van der Waals surface area contributed by atoms with Gasteiger partial charge in [-0.2, -0.15) is 0 Å². The molecular weight excluding hydrogens is 322 g/mol. The van der Waals surface area contributed by atoms with E-state index in [1.807, 2.05) is 30.3 Å². The molecule has 0 aliphatic heterocycles. The van der Waals surface area contributed by atoms with Gasteiger partial charge in [-0.15, -0.1) is 11.3 Å². The number of amides is 1. The number of ether oxygens (including phenoxy) is 1. The van der Waals surface area contributed by atoms with E-state index in [0.717, 1.165) is 23.8 Å². The quantitative estimate of drug-likeness (QED) is 0.717. The summed E-state index contributed by atoms with van der Waals surface area (Å²) in [5, 5.41) is 6.16. The molecule has 2 heterocycles. The number of hydrogen-bond donors (Lipinski definition) is 1. The second-order valence-electron chi connectivity index (χ2n) is 6.14. The summed E-state index contributed by atoms with van der Waals surface area (Å²) in [6.45, 7) is 0.354. The summed E-state index contributed by atoms with van der Waals surface area (Å²) in [7, 11) is 1.63. The molecule has 1 saturated carbocycles. The fraction of sp³-hybridized carbons (Fsp3) is 0.316. The van der Waals surface area contributed by atoms with Gasteiger partial charge in [-0.05, 0) is 36.3 Å². The number of para-hydroxylation sites is 1. The molecule has 4 nitrogen and oxygen atoms in total. The fourth-order valence-electron chi connectivity index (χ4n) is 3.10. The maximum absolute atomic E-state index is 12.9. The number of furan rings is 1. The van der Waals surface area contributed by atoms with E-state index in [1.165, 1.54) is 4.88 Å². The van der Waals surface area contributed by atoms with Crippen molar-refractivity contribution in [3.63, 3.8) is 0 Å². The van der Waals surface area contributed by atoms with Crippen LogP contribution in [0.5, 0.6) is 0 Å². The first-order chi connectivity index (χ1) is 11.8. The Morgan fingerprint density at radius 2 is 2.17 bits per heavy atom. The van der Waals surface area contributed by atoms with Gasteiger partial charge in [0.2, 0.25) is 0 Å². The minimum absolute atomic E-state index is 0.0705. The van der Waals surface area contributed by atoms with Crippen molar-refractivity contribution in [2.24, 2.45) is 5.92 Å². The zero-order chi connectivity index (χ0) is 16.5. The highest BCUT2D eigenvalue weighted by Gasteiger charge is 2.35. The van der Waals surface area contributed by atoms with E-state index in [0.29, 0.717) is 23.9 Å². The third-order valence-electron chi connectivity index (χ3n) is 4.42. The van der Waals surface area contributed by atoms with Gasteiger partial charge in [0, 0.05) is 22.9 Å². The van der Waals surface area contributed by atoms with Crippen LogP contribution in [0.4, 0.5) is 0 Å². The van der Waals surface area contributed by atoms with Crippen LogP contribution in [0, 0.1) is 5.92 Å². The first-order valence-corrected chi connectivity index (χ1v) is 8.99. The number of hydrogen-bond acceptors (Lipinski definition) is 4. The zero-order valence-corrected chi connectivity index (χ0v) is 14.3. The van der Waals surface area contributed by atoms with Crippen molar-refractivity contribution in [3.8, 4) is 0 Å². The number of carbonyl (C=O) groups excluding carboxylic acids is 1. The predicted molar refractivity (Wildman–Crippen MR) is 94.2 cm³/mol. The zero-order valence-electron chi connectivity index (χ0n) is 13.5. The molecule has 0 spiro atoms. The van der Waals surface area contributed by atoms with E-state index in [1.54, 1.807) is 18.4 Å². The molecule has 0 radical (unpaired) electrons. The van der Waals surface area contributed by atoms with Gasteiger partial charge in [0.1, 0.15) is 5.58 Å². The molecule has 1 fully saturated rings. The van der Waals surface area contributed by atoms with E-state index in [2.05, 4.69) is 16.8 Å². The molecule has 2 aromatic heterocycles. The Morgan fingerprint density at radius 3 is 2.88 bits per heavy atom. The Labute approximate surface area is 144 Å². The number of thiophene rings is 1. The van der Waals surface area contributed by atoms with Gasteiger partial charge in [0.25, 0.3) is 5.91 Å². The summed E-state index contributed by atoms with van der Waals surface area (Å²) in [5.74, 6) is 0.728. The number of carbonyl (C=O) groups is 1. The van der Waals surface area contributed by atoms with Crippen molar-refractivity contribution >= 4 is 28.2 Å². The third kappa shape index (κ3) is 2.85. The highest BCUT2D eigenvalue weighted by Crippen LogP contribution is 2.42. The fourth-order valence-corrected chi connectivity index (χ4v) is 3.97. The Kier molecular flexibility index (Phi) is 4.12. The van der Waals surface area contributed by atoms with Gasteiger partial charge in [-0.3, -0.25) is 4.79 Å². The summed E-state index contributed by atoms with van der Waals surface area (Å²) < 4.78 is 11.1. The van der Waals surface area contributed by atoms with Crippen LogP contribution in [0.25, 0.3) is 11.0 Å². The van der Waals surface area contributed by atoms with Gasteiger partial charge >= 0.3 is 0 Å². The molecule has 0 bridgehead atoms. The largest absolute Gasteiger partial charge is 0.451 e. The first kappa shape index (κ1) is 15.4. The van der Waals surface area contributed by atoms with Crippen molar-refractivity contribution < 1.29 is 13.9 Å². The van der Waals surface area contributed by atoms with Crippen LogP contribution in [0.2, 0.25) is 0 Å². The minimum Gasteiger partial charge on any atom is -0.451 e. The Bertz CT molecular complexity index is 849. The molecule has 1 amide bonds. The SMILES string of the molecule is COCc1c(C(=O)NC(c2cccs2)C2CC2)oc2ccccc12. The van der Waals surface area contributed by atoms with Crippen molar-refractivity contribution in [1.29, 1.82) is 0 Å². The highest BCUT2D eigenvalue weighted by atomic mass is 32.1. The molecule has 1 aliphatic rings. The Morgan fingerprint density at radius 1 is 1.33 bits per heavy atom. The molecule has 0 saturated heterocycles. The summed E-state index contributed by atoms with van der Waals surface area (Å²) in [6, 6.07) is 11.9. The van der Waals surface area contributed by atoms with E-state index < -0.39 is 0 Å². The van der Waals surface area contributed by atoms with Crippen LogP contribution in [0.1, 0.15) is 39.9 Å². The molecule has 1 N–H and O–H groups in total. The summed E-state index contributed by atoms with van der Waals surface area (Å²) >= 11 is 1.69. The highest BCUT2D eigenvalue weighted by molar-refractivity contribution is 7.10. The van der Waals surface area contributed by atoms with Gasteiger partial charge in [0.15, 0.2) is 5.76 Å². The van der Waals surface area contributed by atoms with E-state index >= 15 is 0 Å². The average molecular weight is 341 g/mol. The van der Waals surface area contributed by atoms with Crippen LogP contribution in [0.15, 0.2) is 46.2 Å². The maximum atomic E-state index is 12.9. The number of nitrogens with one attached hydrogen (secondary N) is 1. The summed E-state index contributed by atoms with van der Waals surface area (Å²) in [5.41, 5.74) is 1.53. The number of benzene rings is 1. The lowest BCUT2D eigenvalue weighted by Crippen LogP contribution is -2.29. The normalized spacial score (nSPS) is 15.5. The van der Waals surface area contributed by atoms with Crippen molar-refractivity contribution in [3.05, 3.63) is 58.0 Å². The number of methoxy groups -OCH3 is 1. The van der Waals surface area contributed by atoms with Gasteiger partial charge in [0.05, 0.1) is 12.6 Å². The Hall–Kier alpha value is -2.11. The lowest BCUT2D eigenvalue weighted by molar-refractivity contribution is 0.0900. The van der Waals surface area contributed by atoms with E-state index in [-0.39, 0.29) is 11.9 Å².